The van der Waals surface area contributed by atoms with Crippen LogP contribution in [0.15, 0.2) is 48.8 Å². The number of anilines is 1. The normalized spacial score (nSPS) is 13.3. The fourth-order valence-corrected chi connectivity index (χ4v) is 5.03. The van der Waals surface area contributed by atoms with Gasteiger partial charge in [0, 0.05) is 8.95 Å². The van der Waals surface area contributed by atoms with Crippen LogP contribution in [0.25, 0.3) is 0 Å². The average molecular weight is 424 g/mol. The maximum absolute atomic E-state index is 12.4. The molecule has 0 amide bonds. The second-order valence-corrected chi connectivity index (χ2v) is 7.59. The van der Waals surface area contributed by atoms with Gasteiger partial charge in [0.15, 0.2) is 0 Å². The lowest BCUT2D eigenvalue weighted by Gasteiger charge is -2.15. The zero-order valence-corrected chi connectivity index (χ0v) is 14.4. The summed E-state index contributed by atoms with van der Waals surface area (Å²) in [5, 5.41) is 0. The molecule has 0 aliphatic carbocycles. The summed E-state index contributed by atoms with van der Waals surface area (Å²) in [6, 6.07) is 6.07. The van der Waals surface area contributed by atoms with Crippen LogP contribution in [0.4, 0.5) is 5.69 Å². The number of halogens is 2. The third-order valence-corrected chi connectivity index (χ3v) is 5.61. The summed E-state index contributed by atoms with van der Waals surface area (Å²) in [6.45, 7) is 1.69. The molecule has 0 aliphatic heterocycles. The van der Waals surface area contributed by atoms with Crippen molar-refractivity contribution in [2.75, 3.05) is 5.73 Å². The number of hydrogen-bond acceptors (Lipinski definition) is 4. The smallest absolute Gasteiger partial charge is 0.244 e. The van der Waals surface area contributed by atoms with Crippen LogP contribution in [0.5, 0.6) is 0 Å². The van der Waals surface area contributed by atoms with Crippen LogP contribution in [0, 0.1) is 0 Å². The number of nitrogens with two attached hydrogens (primary N) is 1. The van der Waals surface area contributed by atoms with Crippen LogP contribution in [-0.2, 0) is 10.0 Å². The molecule has 0 fully saturated rings. The lowest BCUT2D eigenvalue weighted by atomic mass is 10.3. The summed E-state index contributed by atoms with van der Waals surface area (Å²) in [5.41, 5.74) is 5.96. The van der Waals surface area contributed by atoms with Gasteiger partial charge in [-0.15, -0.1) is 0 Å². The summed E-state index contributed by atoms with van der Waals surface area (Å²) in [4.78, 5) is 0.0131. The first-order chi connectivity index (χ1) is 9.31. The Morgan fingerprint density at radius 3 is 2.60 bits per heavy atom. The molecule has 2 rings (SSSR count). The quantitative estimate of drug-likeness (QED) is 0.737. The Kier molecular flexibility index (Phi) is 4.58. The standard InChI is InChI=1S/C12H12Br2N2O3S/c1-7(11-3-2-4-19-11)16-20(17,18)12-9(14)5-8(13)6-10(12)15/h2-7,16H,15H2,1H3. The van der Waals surface area contributed by atoms with E-state index in [1.165, 1.54) is 12.3 Å². The van der Waals surface area contributed by atoms with Gasteiger partial charge in [-0.1, -0.05) is 15.9 Å². The molecule has 0 radical (unpaired) electrons. The summed E-state index contributed by atoms with van der Waals surface area (Å²) in [7, 11) is -3.77. The predicted molar refractivity (Wildman–Crippen MR) is 83.7 cm³/mol. The summed E-state index contributed by atoms with van der Waals surface area (Å²) in [6.07, 6.45) is 1.49. The van der Waals surface area contributed by atoms with Crippen molar-refractivity contribution >= 4 is 47.6 Å². The number of benzene rings is 1. The molecule has 0 saturated carbocycles. The molecule has 8 heteroatoms. The molecule has 0 bridgehead atoms. The Balaban J connectivity index is 2.37. The van der Waals surface area contributed by atoms with Gasteiger partial charge in [-0.25, -0.2) is 13.1 Å². The Bertz CT molecular complexity index is 691. The van der Waals surface area contributed by atoms with E-state index in [0.717, 1.165) is 0 Å². The maximum atomic E-state index is 12.4. The maximum Gasteiger partial charge on any atom is 0.244 e. The van der Waals surface area contributed by atoms with E-state index in [4.69, 9.17) is 10.2 Å². The highest BCUT2D eigenvalue weighted by atomic mass is 79.9. The summed E-state index contributed by atoms with van der Waals surface area (Å²) >= 11 is 6.48. The predicted octanol–water partition coefficient (Wildman–Crippen LogP) is 3.43. The van der Waals surface area contributed by atoms with Crippen molar-refractivity contribution in [3.8, 4) is 0 Å². The van der Waals surface area contributed by atoms with Crippen molar-refractivity contribution in [1.29, 1.82) is 0 Å². The highest BCUT2D eigenvalue weighted by molar-refractivity contribution is 9.11. The van der Waals surface area contributed by atoms with E-state index in [1.807, 2.05) is 0 Å². The molecule has 1 unspecified atom stereocenters. The van der Waals surface area contributed by atoms with Crippen LogP contribution in [0.1, 0.15) is 18.7 Å². The summed E-state index contributed by atoms with van der Waals surface area (Å²) < 4.78 is 33.6. The monoisotopic (exact) mass is 422 g/mol. The molecule has 1 heterocycles. The van der Waals surface area contributed by atoms with Gasteiger partial charge in [-0.2, -0.15) is 0 Å². The van der Waals surface area contributed by atoms with E-state index < -0.39 is 16.1 Å². The molecule has 0 saturated heterocycles. The minimum atomic E-state index is -3.77. The highest BCUT2D eigenvalue weighted by Crippen LogP contribution is 2.32. The van der Waals surface area contributed by atoms with Crippen LogP contribution in [0.2, 0.25) is 0 Å². The van der Waals surface area contributed by atoms with Crippen molar-refractivity contribution in [2.45, 2.75) is 17.9 Å². The van der Waals surface area contributed by atoms with Gasteiger partial charge in [0.1, 0.15) is 10.7 Å². The van der Waals surface area contributed by atoms with Crippen molar-refractivity contribution in [3.05, 3.63) is 45.2 Å². The largest absolute Gasteiger partial charge is 0.468 e. The van der Waals surface area contributed by atoms with E-state index in [9.17, 15) is 8.42 Å². The lowest BCUT2D eigenvalue weighted by molar-refractivity contribution is 0.459. The van der Waals surface area contributed by atoms with Gasteiger partial charge in [-0.05, 0) is 47.1 Å². The Morgan fingerprint density at radius 1 is 1.35 bits per heavy atom. The molecule has 2 aromatic rings. The van der Waals surface area contributed by atoms with Crippen molar-refractivity contribution in [3.63, 3.8) is 0 Å². The van der Waals surface area contributed by atoms with Crippen LogP contribution in [-0.4, -0.2) is 8.42 Å². The third-order valence-electron chi connectivity index (χ3n) is 2.61. The number of nitrogens with one attached hydrogen (secondary N) is 1. The van der Waals surface area contributed by atoms with E-state index in [0.29, 0.717) is 14.7 Å². The minimum Gasteiger partial charge on any atom is -0.468 e. The Morgan fingerprint density at radius 2 is 2.05 bits per heavy atom. The molecule has 1 aromatic heterocycles. The first-order valence-corrected chi connectivity index (χ1v) is 8.68. The number of furan rings is 1. The first-order valence-electron chi connectivity index (χ1n) is 5.61. The average Bonchev–Trinajstić information content (AvgIpc) is 2.78. The minimum absolute atomic E-state index is 0.0131. The number of sulfonamides is 1. The van der Waals surface area contributed by atoms with Gasteiger partial charge in [0.25, 0.3) is 0 Å². The van der Waals surface area contributed by atoms with Crippen molar-refractivity contribution < 1.29 is 12.8 Å². The number of rotatable bonds is 4. The SMILES string of the molecule is CC(NS(=O)(=O)c1c(N)cc(Br)cc1Br)c1ccco1. The molecule has 20 heavy (non-hydrogen) atoms. The lowest BCUT2D eigenvalue weighted by Crippen LogP contribution is -2.27. The first kappa shape index (κ1) is 15.6. The van der Waals surface area contributed by atoms with Crippen LogP contribution < -0.4 is 10.5 Å². The second-order valence-electron chi connectivity index (χ2n) is 4.16. The topological polar surface area (TPSA) is 85.3 Å². The molecule has 0 aliphatic rings. The van der Waals surface area contributed by atoms with Gasteiger partial charge in [0.05, 0.1) is 18.0 Å². The van der Waals surface area contributed by atoms with E-state index in [-0.39, 0.29) is 10.6 Å². The fourth-order valence-electron chi connectivity index (χ4n) is 1.75. The molecule has 1 aromatic carbocycles. The van der Waals surface area contributed by atoms with Crippen molar-refractivity contribution in [1.82, 2.24) is 4.72 Å². The van der Waals surface area contributed by atoms with E-state index in [2.05, 4.69) is 36.6 Å². The molecule has 1 atom stereocenters. The van der Waals surface area contributed by atoms with Gasteiger partial charge >= 0.3 is 0 Å². The molecule has 3 N–H and O–H groups in total. The summed E-state index contributed by atoms with van der Waals surface area (Å²) in [5.74, 6) is 0.528. The third kappa shape index (κ3) is 3.25. The number of hydrogen-bond donors (Lipinski definition) is 2. The Hall–Kier alpha value is -0.830. The molecular weight excluding hydrogens is 412 g/mol. The molecular formula is C12H12Br2N2O3S. The van der Waals surface area contributed by atoms with Crippen molar-refractivity contribution in [2.24, 2.45) is 0 Å². The molecule has 108 valence electrons. The highest BCUT2D eigenvalue weighted by Gasteiger charge is 2.25. The van der Waals surface area contributed by atoms with Crippen LogP contribution in [0.3, 0.4) is 0 Å². The van der Waals surface area contributed by atoms with E-state index >= 15 is 0 Å². The number of nitrogen functional groups attached to an aromatic ring is 1. The van der Waals surface area contributed by atoms with Gasteiger partial charge in [0.2, 0.25) is 10.0 Å². The Labute approximate surface area is 133 Å². The zero-order chi connectivity index (χ0) is 14.9. The molecule has 0 spiro atoms. The molecule has 5 nitrogen and oxygen atoms in total. The zero-order valence-electron chi connectivity index (χ0n) is 10.4. The van der Waals surface area contributed by atoms with E-state index in [1.54, 1.807) is 25.1 Å². The second kappa shape index (κ2) is 5.88. The fraction of sp³-hybridized carbons (Fsp3) is 0.167. The van der Waals surface area contributed by atoms with Crippen LogP contribution >= 0.6 is 31.9 Å². The van der Waals surface area contributed by atoms with Gasteiger partial charge in [-0.3, -0.25) is 0 Å². The van der Waals surface area contributed by atoms with Gasteiger partial charge < -0.3 is 10.2 Å².